The van der Waals surface area contributed by atoms with E-state index in [1.807, 2.05) is 36.4 Å². The summed E-state index contributed by atoms with van der Waals surface area (Å²) in [4.78, 5) is 24.7. The third-order valence-electron chi connectivity index (χ3n) is 6.17. The first-order valence-corrected chi connectivity index (χ1v) is 12.2. The van der Waals surface area contributed by atoms with Crippen LogP contribution >= 0.6 is 12.2 Å². The molecule has 0 radical (unpaired) electrons. The SMILES string of the molecule is CC(C)(C)c1ccc(C(=O)Nc2ccc(NC(=S)NC(=O)CCC3CCCCC3)cc2)cc1. The van der Waals surface area contributed by atoms with E-state index in [9.17, 15) is 9.59 Å². The number of anilines is 2. The number of carbonyl (C=O) groups excluding carboxylic acids is 2. The molecule has 1 fully saturated rings. The topological polar surface area (TPSA) is 70.2 Å². The van der Waals surface area contributed by atoms with Gasteiger partial charge in [-0.05, 0) is 71.9 Å². The van der Waals surface area contributed by atoms with Crippen molar-refractivity contribution in [2.75, 3.05) is 10.6 Å². The minimum atomic E-state index is -0.156. The molecule has 0 aliphatic heterocycles. The normalized spacial score (nSPS) is 14.4. The Labute approximate surface area is 202 Å². The monoisotopic (exact) mass is 465 g/mol. The number of carbonyl (C=O) groups is 2. The minimum Gasteiger partial charge on any atom is -0.332 e. The Balaban J connectivity index is 1.44. The Kier molecular flexibility index (Phi) is 8.61. The molecule has 3 rings (SSSR count). The number of benzene rings is 2. The first-order chi connectivity index (χ1) is 15.7. The zero-order valence-electron chi connectivity index (χ0n) is 19.9. The molecule has 0 heterocycles. The largest absolute Gasteiger partial charge is 0.332 e. The molecule has 2 amide bonds. The molecule has 1 aliphatic rings. The smallest absolute Gasteiger partial charge is 0.255 e. The Morgan fingerprint density at radius 2 is 1.45 bits per heavy atom. The van der Waals surface area contributed by atoms with Crippen molar-refractivity contribution in [2.45, 2.75) is 71.1 Å². The molecule has 2 aromatic carbocycles. The summed E-state index contributed by atoms with van der Waals surface area (Å²) in [5.74, 6) is 0.474. The summed E-state index contributed by atoms with van der Waals surface area (Å²) in [5.41, 5.74) is 3.29. The van der Waals surface area contributed by atoms with Crippen molar-refractivity contribution < 1.29 is 9.59 Å². The van der Waals surface area contributed by atoms with Crippen LogP contribution in [0.4, 0.5) is 11.4 Å². The second-order valence-electron chi connectivity index (χ2n) is 9.90. The van der Waals surface area contributed by atoms with Gasteiger partial charge in [0.2, 0.25) is 5.91 Å². The number of hydrogen-bond acceptors (Lipinski definition) is 3. The fourth-order valence-corrected chi connectivity index (χ4v) is 4.36. The number of rotatable bonds is 6. The van der Waals surface area contributed by atoms with E-state index < -0.39 is 0 Å². The maximum absolute atomic E-state index is 12.5. The second-order valence-corrected chi connectivity index (χ2v) is 10.3. The van der Waals surface area contributed by atoms with Crippen LogP contribution in [0.3, 0.4) is 0 Å². The third kappa shape index (κ3) is 7.97. The second kappa shape index (κ2) is 11.4. The van der Waals surface area contributed by atoms with E-state index in [0.29, 0.717) is 28.7 Å². The molecule has 0 unspecified atom stereocenters. The van der Waals surface area contributed by atoms with Crippen molar-refractivity contribution in [1.29, 1.82) is 0 Å². The van der Waals surface area contributed by atoms with Gasteiger partial charge in [0, 0.05) is 23.4 Å². The Hall–Kier alpha value is -2.73. The van der Waals surface area contributed by atoms with Gasteiger partial charge in [-0.2, -0.15) is 0 Å². The Bertz CT molecular complexity index is 956. The molecular weight excluding hydrogens is 430 g/mol. The van der Waals surface area contributed by atoms with Crippen molar-refractivity contribution in [1.82, 2.24) is 5.32 Å². The molecule has 0 aromatic heterocycles. The quantitative estimate of drug-likeness (QED) is 0.431. The van der Waals surface area contributed by atoms with Crippen LogP contribution < -0.4 is 16.0 Å². The van der Waals surface area contributed by atoms with E-state index in [4.69, 9.17) is 12.2 Å². The van der Waals surface area contributed by atoms with Gasteiger partial charge in [-0.3, -0.25) is 9.59 Å². The van der Waals surface area contributed by atoms with E-state index in [0.717, 1.165) is 12.1 Å². The molecular formula is C27H35N3O2S. The predicted octanol–water partition coefficient (Wildman–Crippen LogP) is 6.41. The van der Waals surface area contributed by atoms with Crippen molar-refractivity contribution in [3.63, 3.8) is 0 Å². The summed E-state index contributed by atoms with van der Waals surface area (Å²) in [5, 5.41) is 8.99. The summed E-state index contributed by atoms with van der Waals surface area (Å²) in [6.45, 7) is 6.44. The molecule has 2 aromatic rings. The van der Waals surface area contributed by atoms with E-state index in [-0.39, 0.29) is 17.2 Å². The maximum Gasteiger partial charge on any atom is 0.255 e. The number of hydrogen-bond donors (Lipinski definition) is 3. The maximum atomic E-state index is 12.5. The zero-order valence-corrected chi connectivity index (χ0v) is 20.7. The van der Waals surface area contributed by atoms with Crippen LogP contribution in [0.2, 0.25) is 0 Å². The average molecular weight is 466 g/mol. The highest BCUT2D eigenvalue weighted by Gasteiger charge is 2.16. The lowest BCUT2D eigenvalue weighted by molar-refractivity contribution is -0.120. The molecule has 0 saturated heterocycles. The lowest BCUT2D eigenvalue weighted by Crippen LogP contribution is -2.34. The fraction of sp³-hybridized carbons (Fsp3) is 0.444. The van der Waals surface area contributed by atoms with Gasteiger partial charge >= 0.3 is 0 Å². The highest BCUT2D eigenvalue weighted by atomic mass is 32.1. The van der Waals surface area contributed by atoms with Crippen molar-refractivity contribution in [3.8, 4) is 0 Å². The summed E-state index contributed by atoms with van der Waals surface area (Å²) in [7, 11) is 0. The van der Waals surface area contributed by atoms with Gasteiger partial charge in [0.25, 0.3) is 5.91 Å². The number of amides is 2. The van der Waals surface area contributed by atoms with Crippen LogP contribution in [0.15, 0.2) is 48.5 Å². The van der Waals surface area contributed by atoms with Gasteiger partial charge in [0.1, 0.15) is 0 Å². The molecule has 1 aliphatic carbocycles. The van der Waals surface area contributed by atoms with Crippen LogP contribution in [0.5, 0.6) is 0 Å². The van der Waals surface area contributed by atoms with Crippen molar-refractivity contribution in [2.24, 2.45) is 5.92 Å². The van der Waals surface area contributed by atoms with Crippen LogP contribution in [0.1, 0.15) is 81.6 Å². The summed E-state index contributed by atoms with van der Waals surface area (Å²) < 4.78 is 0. The molecule has 176 valence electrons. The summed E-state index contributed by atoms with van der Waals surface area (Å²) in [6.07, 6.45) is 7.81. The van der Waals surface area contributed by atoms with Gasteiger partial charge in [-0.1, -0.05) is 65.0 Å². The fourth-order valence-electron chi connectivity index (χ4n) is 4.12. The Morgan fingerprint density at radius 1 is 0.879 bits per heavy atom. The lowest BCUT2D eigenvalue weighted by atomic mass is 9.86. The van der Waals surface area contributed by atoms with E-state index in [1.165, 1.54) is 37.7 Å². The van der Waals surface area contributed by atoms with Gasteiger partial charge < -0.3 is 16.0 Å². The molecule has 0 spiro atoms. The van der Waals surface area contributed by atoms with E-state index in [2.05, 4.69) is 36.7 Å². The van der Waals surface area contributed by atoms with Crippen LogP contribution in [-0.2, 0) is 10.2 Å². The predicted molar refractivity (Wildman–Crippen MR) is 140 cm³/mol. The van der Waals surface area contributed by atoms with Gasteiger partial charge in [-0.15, -0.1) is 0 Å². The molecule has 5 nitrogen and oxygen atoms in total. The van der Waals surface area contributed by atoms with Gasteiger partial charge in [0.05, 0.1) is 0 Å². The third-order valence-corrected chi connectivity index (χ3v) is 6.38. The zero-order chi connectivity index (χ0) is 23.8. The Morgan fingerprint density at radius 3 is 2.03 bits per heavy atom. The van der Waals surface area contributed by atoms with Crippen molar-refractivity contribution >= 4 is 40.5 Å². The van der Waals surface area contributed by atoms with Crippen LogP contribution in [0.25, 0.3) is 0 Å². The lowest BCUT2D eigenvalue weighted by Gasteiger charge is -2.21. The average Bonchev–Trinajstić information content (AvgIpc) is 2.79. The van der Waals surface area contributed by atoms with Crippen LogP contribution in [0, 0.1) is 5.92 Å². The first kappa shape index (κ1) is 24.9. The highest BCUT2D eigenvalue weighted by Crippen LogP contribution is 2.27. The highest BCUT2D eigenvalue weighted by molar-refractivity contribution is 7.80. The van der Waals surface area contributed by atoms with Crippen molar-refractivity contribution in [3.05, 3.63) is 59.7 Å². The number of nitrogens with one attached hydrogen (secondary N) is 3. The van der Waals surface area contributed by atoms with Gasteiger partial charge in [-0.25, -0.2) is 0 Å². The first-order valence-electron chi connectivity index (χ1n) is 11.8. The summed E-state index contributed by atoms with van der Waals surface area (Å²) >= 11 is 5.27. The molecule has 1 saturated carbocycles. The molecule has 3 N–H and O–H groups in total. The molecule has 0 bridgehead atoms. The number of thiocarbonyl (C=S) groups is 1. The molecule has 0 atom stereocenters. The van der Waals surface area contributed by atoms with E-state index >= 15 is 0 Å². The minimum absolute atomic E-state index is 0.0422. The van der Waals surface area contributed by atoms with Crippen LogP contribution in [-0.4, -0.2) is 16.9 Å². The van der Waals surface area contributed by atoms with E-state index in [1.54, 1.807) is 12.1 Å². The summed E-state index contributed by atoms with van der Waals surface area (Å²) in [6, 6.07) is 14.9. The standard InChI is InChI=1S/C27H35N3O2S/c1-27(2,3)21-12-10-20(11-13-21)25(32)28-22-14-16-23(17-15-22)29-26(33)30-24(31)18-9-19-7-5-4-6-8-19/h10-17,19H,4-9,18H2,1-3H3,(H,28,32)(H2,29,30,31,33). The molecule has 6 heteroatoms. The van der Waals surface area contributed by atoms with Gasteiger partial charge in [0.15, 0.2) is 5.11 Å². The molecule has 33 heavy (non-hydrogen) atoms.